The number of rotatable bonds is 4. The third-order valence-corrected chi connectivity index (χ3v) is 4.30. The monoisotopic (exact) mass is 340 g/mol. The number of hydrogen-bond acceptors (Lipinski definition) is 8. The van der Waals surface area contributed by atoms with Crippen LogP contribution in [0.3, 0.4) is 0 Å². The van der Waals surface area contributed by atoms with Crippen LogP contribution >= 0.6 is 11.8 Å². The highest BCUT2D eigenvalue weighted by molar-refractivity contribution is 7.99. The highest BCUT2D eigenvalue weighted by Crippen LogP contribution is 2.49. The van der Waals surface area contributed by atoms with Crippen LogP contribution in [0, 0.1) is 0 Å². The number of nitrogens with two attached hydrogens (primary N) is 1. The van der Waals surface area contributed by atoms with Crippen molar-refractivity contribution in [3.05, 3.63) is 11.9 Å². The number of pyridine rings is 1. The molecular weight excluding hydrogens is 326 g/mol. The summed E-state index contributed by atoms with van der Waals surface area (Å²) in [6, 6.07) is 0. The molecule has 0 aliphatic rings. The van der Waals surface area contributed by atoms with Crippen molar-refractivity contribution in [2.75, 3.05) is 12.3 Å². The molecule has 1 aromatic heterocycles. The molecule has 1 heterocycles. The van der Waals surface area contributed by atoms with Crippen LogP contribution in [-0.4, -0.2) is 50.7 Å². The molecule has 1 aromatic carbocycles. The van der Waals surface area contributed by atoms with Crippen LogP contribution in [0.4, 0.5) is 4.39 Å². The Labute approximate surface area is 135 Å². The first-order valence-corrected chi connectivity index (χ1v) is 7.44. The summed E-state index contributed by atoms with van der Waals surface area (Å²) in [6.45, 7) is 0.00592. The van der Waals surface area contributed by atoms with Crippen molar-refractivity contribution in [3.63, 3.8) is 0 Å². The lowest BCUT2D eigenvalue weighted by Gasteiger charge is -2.14. The van der Waals surface area contributed by atoms with Crippen molar-refractivity contribution in [2.24, 2.45) is 5.73 Å². The molecule has 2 aromatic rings. The molecule has 7 nitrogen and oxygen atoms in total. The molecule has 0 spiro atoms. The minimum atomic E-state index is -0.821. The topological polar surface area (TPSA) is 140 Å². The first-order valence-electron chi connectivity index (χ1n) is 6.46. The van der Waals surface area contributed by atoms with E-state index in [4.69, 9.17) is 5.73 Å². The second-order valence-corrected chi connectivity index (χ2v) is 5.67. The number of hydrogen-bond donors (Lipinski definition) is 6. The number of phenols is 3. The molecule has 23 heavy (non-hydrogen) atoms. The fourth-order valence-electron chi connectivity index (χ4n) is 2.05. The molecule has 0 aliphatic carbocycles. The van der Waals surface area contributed by atoms with Gasteiger partial charge in [-0.1, -0.05) is 0 Å². The minimum Gasteiger partial charge on any atom is -0.504 e. The van der Waals surface area contributed by atoms with Crippen LogP contribution in [0.5, 0.6) is 28.9 Å². The Morgan fingerprint density at radius 3 is 2.39 bits per heavy atom. The predicted octanol–water partition coefficient (Wildman–Crippen LogP) is -0.0746. The number of benzene rings is 1. The molecule has 0 saturated heterocycles. The van der Waals surface area contributed by atoms with Gasteiger partial charge in [-0.2, -0.15) is 0 Å². The van der Waals surface area contributed by atoms with E-state index >= 15 is 0 Å². The van der Waals surface area contributed by atoms with Crippen LogP contribution < -0.4 is 11.2 Å². The van der Waals surface area contributed by atoms with Crippen molar-refractivity contribution in [1.29, 1.82) is 0 Å². The quantitative estimate of drug-likeness (QED) is 0.258. The van der Waals surface area contributed by atoms with Gasteiger partial charge < -0.3 is 31.3 Å². The Morgan fingerprint density at radius 2 is 1.78 bits per heavy atom. The van der Waals surface area contributed by atoms with E-state index in [0.29, 0.717) is 0 Å². The predicted molar refractivity (Wildman–Crippen MR) is 87.2 cm³/mol. The molecule has 0 unspecified atom stereocenters. The van der Waals surface area contributed by atoms with E-state index in [0.717, 1.165) is 17.8 Å². The van der Waals surface area contributed by atoms with Gasteiger partial charge in [0.1, 0.15) is 13.7 Å². The number of phenolic OH excluding ortho intramolecular Hbond substituents is 3. The zero-order chi connectivity index (χ0) is 17.3. The van der Waals surface area contributed by atoms with Gasteiger partial charge in [-0.05, 0) is 11.5 Å². The van der Waals surface area contributed by atoms with E-state index in [2.05, 4.69) is 4.98 Å². The normalized spacial score (nSPS) is 12.0. The van der Waals surface area contributed by atoms with Crippen LogP contribution in [0.25, 0.3) is 10.9 Å². The molecule has 0 fully saturated rings. The lowest BCUT2D eigenvalue weighted by atomic mass is 9.90. The molecule has 0 bridgehead atoms. The van der Waals surface area contributed by atoms with Gasteiger partial charge in [0.25, 0.3) is 5.88 Å². The van der Waals surface area contributed by atoms with Crippen LogP contribution in [0.1, 0.15) is 0 Å². The second-order valence-electron chi connectivity index (χ2n) is 4.68. The van der Waals surface area contributed by atoms with E-state index in [1.165, 1.54) is 7.85 Å². The van der Waals surface area contributed by atoms with E-state index in [9.17, 15) is 29.9 Å². The Hall–Kier alpha value is -2.33. The summed E-state index contributed by atoms with van der Waals surface area (Å²) < 4.78 is 13.5. The van der Waals surface area contributed by atoms with Crippen molar-refractivity contribution in [3.8, 4) is 28.9 Å². The molecule has 0 radical (unpaired) electrons. The number of thioether (sulfide) groups is 1. The zero-order valence-corrected chi connectivity index (χ0v) is 12.9. The summed E-state index contributed by atoms with van der Waals surface area (Å²) in [5.41, 5.74) is 5.18. The number of aromatic nitrogens is 1. The third kappa shape index (κ3) is 2.95. The second kappa shape index (κ2) is 6.43. The van der Waals surface area contributed by atoms with E-state index in [-0.39, 0.29) is 33.6 Å². The minimum absolute atomic E-state index is 0.00592. The Morgan fingerprint density at radius 1 is 1.13 bits per heavy atom. The lowest BCUT2D eigenvalue weighted by molar-refractivity contribution is 0.364. The molecule has 0 amide bonds. The largest absolute Gasteiger partial charge is 0.504 e. The summed E-state index contributed by atoms with van der Waals surface area (Å²) in [5, 5.41) is 49.1. The molecular formula is C13H14BFN2O5S. The average Bonchev–Trinajstić information content (AvgIpc) is 2.50. The van der Waals surface area contributed by atoms with Crippen LogP contribution in [-0.2, 0) is 0 Å². The number of nitrogens with zero attached hydrogens (tertiary/aromatic N) is 1. The number of halogens is 1. The molecule has 7 N–H and O–H groups in total. The van der Waals surface area contributed by atoms with E-state index in [1.54, 1.807) is 0 Å². The van der Waals surface area contributed by atoms with E-state index in [1.807, 2.05) is 0 Å². The fourth-order valence-corrected chi connectivity index (χ4v) is 2.97. The molecule has 122 valence electrons. The highest BCUT2D eigenvalue weighted by atomic mass is 32.2. The lowest BCUT2D eigenvalue weighted by Crippen LogP contribution is -2.07. The van der Waals surface area contributed by atoms with Gasteiger partial charge in [-0.15, -0.1) is 11.8 Å². The van der Waals surface area contributed by atoms with Gasteiger partial charge in [-0.3, -0.25) is 0 Å². The first kappa shape index (κ1) is 17.0. The maximum absolute atomic E-state index is 13.5. The Balaban J connectivity index is 2.71. The number of fused-ring (bicyclic) bond motifs is 1. The zero-order valence-electron chi connectivity index (χ0n) is 12.0. The summed E-state index contributed by atoms with van der Waals surface area (Å²) >= 11 is 0.796. The van der Waals surface area contributed by atoms with Gasteiger partial charge in [0.05, 0.1) is 10.4 Å². The van der Waals surface area contributed by atoms with Crippen LogP contribution in [0.2, 0.25) is 0 Å². The van der Waals surface area contributed by atoms with Gasteiger partial charge in [-0.25, -0.2) is 9.37 Å². The molecule has 10 heteroatoms. The molecule has 0 atom stereocenters. The fraction of sp³-hybridized carbons (Fsp3) is 0.154. The highest BCUT2D eigenvalue weighted by Gasteiger charge is 2.24. The van der Waals surface area contributed by atoms with Crippen LogP contribution in [0.15, 0.2) is 16.8 Å². The summed E-state index contributed by atoms with van der Waals surface area (Å²) in [7, 11) is 1.39. The molecule has 0 aliphatic heterocycles. The smallest absolute Gasteiger partial charge is 0.254 e. The van der Waals surface area contributed by atoms with E-state index < -0.39 is 34.7 Å². The molecule has 0 saturated carbocycles. The summed E-state index contributed by atoms with van der Waals surface area (Å²) in [6.07, 6.45) is 1.15. The van der Waals surface area contributed by atoms with Crippen molar-refractivity contribution in [2.45, 2.75) is 4.90 Å². The van der Waals surface area contributed by atoms with Gasteiger partial charge in [0.2, 0.25) is 5.75 Å². The SMILES string of the molecule is Bc1c(O)c(O)nc2c(SC/C(F)=C/CN)c(O)c(O)c(O)c12. The molecule has 2 rings (SSSR count). The average molecular weight is 340 g/mol. The maximum Gasteiger partial charge on any atom is 0.254 e. The van der Waals surface area contributed by atoms with Crippen molar-refractivity contribution >= 4 is 36.0 Å². The van der Waals surface area contributed by atoms with Crippen molar-refractivity contribution in [1.82, 2.24) is 4.98 Å². The van der Waals surface area contributed by atoms with Gasteiger partial charge >= 0.3 is 0 Å². The first-order chi connectivity index (χ1) is 10.8. The van der Waals surface area contributed by atoms with Crippen molar-refractivity contribution < 1.29 is 29.9 Å². The van der Waals surface area contributed by atoms with Gasteiger partial charge in [0.15, 0.2) is 17.2 Å². The summed E-state index contributed by atoms with van der Waals surface area (Å²) in [4.78, 5) is 3.66. The Kier molecular flexibility index (Phi) is 4.76. The number of aromatic hydroxyl groups is 5. The third-order valence-electron chi connectivity index (χ3n) is 3.21. The van der Waals surface area contributed by atoms with Gasteiger partial charge in [0, 0.05) is 17.7 Å². The maximum atomic E-state index is 13.5. The summed E-state index contributed by atoms with van der Waals surface area (Å²) in [5.74, 6) is -4.23. The Bertz CT molecular complexity index is 807. The standard InChI is InChI=1S/C13H14BFN2O5S/c14-6-5-7(17-13(22)9(6)19)12(11(21)10(20)8(5)18)23-3-4(15)1-2-16/h1,18-21H,2-3,14,16H2,(H,17,22)/b4-1-.